The molecule has 2 aromatic rings. The van der Waals surface area contributed by atoms with Gasteiger partial charge in [0, 0.05) is 6.54 Å². The molecule has 0 fully saturated rings. The number of hydrogen-bond acceptors (Lipinski definition) is 6. The Balaban J connectivity index is 1.68. The zero-order valence-corrected chi connectivity index (χ0v) is 11.8. The predicted octanol–water partition coefficient (Wildman–Crippen LogP) is 0.505. The Morgan fingerprint density at radius 1 is 1.29 bits per heavy atom. The molecular formula is C12H14N6O2S. The molecule has 21 heavy (non-hydrogen) atoms. The smallest absolute Gasteiger partial charge is 0.321 e. The van der Waals surface area contributed by atoms with Crippen LogP contribution in [-0.4, -0.2) is 32.9 Å². The summed E-state index contributed by atoms with van der Waals surface area (Å²) < 4.78 is 0. The molecule has 0 aliphatic heterocycles. The number of carbonyl (C=O) groups excluding carboxylic acids is 2. The molecule has 1 aromatic carbocycles. The van der Waals surface area contributed by atoms with E-state index in [1.54, 1.807) is 0 Å². The second-order valence-electron chi connectivity index (χ2n) is 4.01. The van der Waals surface area contributed by atoms with Gasteiger partial charge in [-0.2, -0.15) is 4.98 Å². The van der Waals surface area contributed by atoms with Crippen molar-refractivity contribution < 1.29 is 9.59 Å². The maximum atomic E-state index is 11.6. The summed E-state index contributed by atoms with van der Waals surface area (Å²) >= 11 is 1.08. The quantitative estimate of drug-likeness (QED) is 0.596. The fraction of sp³-hybridized carbons (Fsp3) is 0.167. The minimum absolute atomic E-state index is 0.0239. The topological polar surface area (TPSA) is 126 Å². The number of aromatic nitrogens is 3. The molecule has 8 nitrogen and oxygen atoms in total. The number of thioether (sulfide) groups is 1. The number of benzene rings is 1. The van der Waals surface area contributed by atoms with Crippen molar-refractivity contribution in [3.8, 4) is 0 Å². The monoisotopic (exact) mass is 306 g/mol. The summed E-state index contributed by atoms with van der Waals surface area (Å²) in [5.41, 5.74) is 6.30. The Bertz CT molecular complexity index is 615. The van der Waals surface area contributed by atoms with Crippen LogP contribution < -0.4 is 16.4 Å². The van der Waals surface area contributed by atoms with Crippen molar-refractivity contribution in [1.29, 1.82) is 0 Å². The lowest BCUT2D eigenvalue weighted by Crippen LogP contribution is -2.39. The van der Waals surface area contributed by atoms with E-state index in [2.05, 4.69) is 25.8 Å². The van der Waals surface area contributed by atoms with E-state index < -0.39 is 11.9 Å². The molecule has 3 amide bonds. The molecule has 110 valence electrons. The van der Waals surface area contributed by atoms with Gasteiger partial charge in [0.2, 0.25) is 17.0 Å². The van der Waals surface area contributed by atoms with E-state index >= 15 is 0 Å². The van der Waals surface area contributed by atoms with E-state index in [9.17, 15) is 9.59 Å². The van der Waals surface area contributed by atoms with E-state index in [0.717, 1.165) is 17.3 Å². The summed E-state index contributed by atoms with van der Waals surface area (Å²) in [6.45, 7) is 0.352. The summed E-state index contributed by atoms with van der Waals surface area (Å²) in [5.74, 6) is -0.233. The molecule has 0 saturated heterocycles. The molecule has 0 bridgehead atoms. The molecule has 1 aromatic heterocycles. The van der Waals surface area contributed by atoms with E-state index in [4.69, 9.17) is 5.73 Å². The number of imide groups is 1. The molecule has 0 radical (unpaired) electrons. The molecule has 2 rings (SSSR count). The summed E-state index contributed by atoms with van der Waals surface area (Å²) in [6, 6.07) is 8.86. The lowest BCUT2D eigenvalue weighted by atomic mass is 10.2. The maximum absolute atomic E-state index is 11.6. The summed E-state index contributed by atoms with van der Waals surface area (Å²) in [5, 5.41) is 11.4. The third-order valence-corrected chi connectivity index (χ3v) is 3.21. The SMILES string of the molecule is Nc1nc(SCC(=O)NC(=O)NCc2ccccc2)n[nH]1. The first-order valence-electron chi connectivity index (χ1n) is 6.06. The van der Waals surface area contributed by atoms with Gasteiger partial charge >= 0.3 is 6.03 Å². The van der Waals surface area contributed by atoms with Gasteiger partial charge in [-0.15, -0.1) is 5.10 Å². The minimum Gasteiger partial charge on any atom is -0.368 e. The molecule has 9 heteroatoms. The molecule has 0 unspecified atom stereocenters. The van der Waals surface area contributed by atoms with Gasteiger partial charge < -0.3 is 11.1 Å². The van der Waals surface area contributed by atoms with Crippen LogP contribution in [0.3, 0.4) is 0 Å². The fourth-order valence-corrected chi connectivity index (χ4v) is 2.04. The minimum atomic E-state index is -0.543. The first-order chi connectivity index (χ1) is 10.1. The molecular weight excluding hydrogens is 292 g/mol. The van der Waals surface area contributed by atoms with Gasteiger partial charge in [-0.25, -0.2) is 9.89 Å². The van der Waals surface area contributed by atoms with Crippen LogP contribution in [0.5, 0.6) is 0 Å². The highest BCUT2D eigenvalue weighted by Crippen LogP contribution is 2.11. The molecule has 5 N–H and O–H groups in total. The van der Waals surface area contributed by atoms with Gasteiger partial charge in [0.1, 0.15) is 0 Å². The lowest BCUT2D eigenvalue weighted by Gasteiger charge is -2.06. The number of H-pyrrole nitrogens is 1. The first kappa shape index (κ1) is 14.9. The van der Waals surface area contributed by atoms with E-state index in [-0.39, 0.29) is 11.7 Å². The number of amides is 3. The van der Waals surface area contributed by atoms with Gasteiger partial charge in [-0.05, 0) is 5.56 Å². The number of hydrogen-bond donors (Lipinski definition) is 4. The molecule has 0 atom stereocenters. The summed E-state index contributed by atoms with van der Waals surface area (Å²) in [7, 11) is 0. The van der Waals surface area contributed by atoms with Crippen molar-refractivity contribution in [1.82, 2.24) is 25.8 Å². The Morgan fingerprint density at radius 2 is 2.05 bits per heavy atom. The Hall–Kier alpha value is -2.55. The van der Waals surface area contributed by atoms with Gasteiger partial charge in [0.25, 0.3) is 0 Å². The average Bonchev–Trinajstić information content (AvgIpc) is 2.90. The summed E-state index contributed by atoms with van der Waals surface area (Å²) in [4.78, 5) is 26.9. The zero-order chi connectivity index (χ0) is 15.1. The van der Waals surface area contributed by atoms with Gasteiger partial charge in [-0.3, -0.25) is 10.1 Å². The number of urea groups is 1. The Kier molecular flexibility index (Phi) is 5.16. The van der Waals surface area contributed by atoms with Crippen molar-refractivity contribution in [2.45, 2.75) is 11.7 Å². The van der Waals surface area contributed by atoms with Crippen LogP contribution in [0.1, 0.15) is 5.56 Å². The van der Waals surface area contributed by atoms with Crippen LogP contribution in [0.4, 0.5) is 10.7 Å². The fourth-order valence-electron chi connectivity index (χ4n) is 1.44. The van der Waals surface area contributed by atoms with Crippen LogP contribution in [0.25, 0.3) is 0 Å². The zero-order valence-electron chi connectivity index (χ0n) is 11.0. The van der Waals surface area contributed by atoms with Crippen molar-refractivity contribution in [3.05, 3.63) is 35.9 Å². The number of carbonyl (C=O) groups is 2. The van der Waals surface area contributed by atoms with Gasteiger partial charge in [0.05, 0.1) is 5.75 Å². The van der Waals surface area contributed by atoms with Crippen molar-refractivity contribution in [2.24, 2.45) is 0 Å². The number of nitrogens with two attached hydrogens (primary N) is 1. The number of rotatable bonds is 5. The average molecular weight is 306 g/mol. The highest BCUT2D eigenvalue weighted by molar-refractivity contribution is 7.99. The third-order valence-electron chi connectivity index (χ3n) is 2.36. The Labute approximate surface area is 124 Å². The van der Waals surface area contributed by atoms with Crippen LogP contribution in [-0.2, 0) is 11.3 Å². The molecule has 0 saturated carbocycles. The van der Waals surface area contributed by atoms with Crippen molar-refractivity contribution >= 4 is 29.6 Å². The maximum Gasteiger partial charge on any atom is 0.321 e. The molecule has 0 aliphatic rings. The van der Waals surface area contributed by atoms with Crippen LogP contribution in [0.2, 0.25) is 0 Å². The number of nitrogens with zero attached hydrogens (tertiary/aromatic N) is 2. The molecule has 1 heterocycles. The second kappa shape index (κ2) is 7.29. The van der Waals surface area contributed by atoms with Crippen molar-refractivity contribution in [2.75, 3.05) is 11.5 Å². The van der Waals surface area contributed by atoms with Gasteiger partial charge in [-0.1, -0.05) is 42.1 Å². The number of nitrogen functional groups attached to an aromatic ring is 1. The highest BCUT2D eigenvalue weighted by atomic mass is 32.2. The third kappa shape index (κ3) is 5.15. The highest BCUT2D eigenvalue weighted by Gasteiger charge is 2.09. The molecule has 0 spiro atoms. The van der Waals surface area contributed by atoms with Crippen LogP contribution in [0.15, 0.2) is 35.5 Å². The standard InChI is InChI=1S/C12H14N6O2S/c13-10-16-12(18-17-10)21-7-9(19)15-11(20)14-6-8-4-2-1-3-5-8/h1-5H,6-7H2,(H3,13,16,17,18)(H2,14,15,19,20). The summed E-state index contributed by atoms with van der Waals surface area (Å²) in [6.07, 6.45) is 0. The van der Waals surface area contributed by atoms with E-state index in [0.29, 0.717) is 11.7 Å². The van der Waals surface area contributed by atoms with Crippen molar-refractivity contribution in [3.63, 3.8) is 0 Å². The number of aromatic amines is 1. The largest absolute Gasteiger partial charge is 0.368 e. The second-order valence-corrected chi connectivity index (χ2v) is 4.95. The number of nitrogens with one attached hydrogen (secondary N) is 3. The van der Waals surface area contributed by atoms with E-state index in [1.807, 2.05) is 30.3 Å². The lowest BCUT2D eigenvalue weighted by molar-refractivity contribution is -0.117. The first-order valence-corrected chi connectivity index (χ1v) is 7.04. The van der Waals surface area contributed by atoms with Crippen LogP contribution >= 0.6 is 11.8 Å². The van der Waals surface area contributed by atoms with Crippen LogP contribution in [0, 0.1) is 0 Å². The number of anilines is 1. The van der Waals surface area contributed by atoms with E-state index in [1.165, 1.54) is 0 Å². The normalized spacial score (nSPS) is 10.1. The predicted molar refractivity (Wildman–Crippen MR) is 78.3 cm³/mol. The molecule has 0 aliphatic carbocycles. The Morgan fingerprint density at radius 3 is 2.71 bits per heavy atom. The van der Waals surface area contributed by atoms with Gasteiger partial charge in [0.15, 0.2) is 0 Å².